The average Bonchev–Trinajstić information content (AvgIpc) is 2.41. The van der Waals surface area contributed by atoms with Gasteiger partial charge in [-0.05, 0) is 38.1 Å². The molecule has 0 fully saturated rings. The Bertz CT molecular complexity index is 661. The van der Waals surface area contributed by atoms with Crippen molar-refractivity contribution in [2.75, 3.05) is 10.6 Å². The monoisotopic (exact) mass is 324 g/mol. The second-order valence-corrected chi connectivity index (χ2v) is 5.49. The summed E-state index contributed by atoms with van der Waals surface area (Å²) < 4.78 is 0. The Balaban J connectivity index is 2.16. The molecule has 1 aromatic heterocycles. The quantitative estimate of drug-likeness (QED) is 0.896. The van der Waals surface area contributed by atoms with Crippen LogP contribution in [0.3, 0.4) is 0 Å². The predicted octanol–water partition coefficient (Wildman–Crippen LogP) is 3.86. The highest BCUT2D eigenvalue weighted by Crippen LogP contribution is 2.25. The first kappa shape index (κ1) is 15.5. The van der Waals surface area contributed by atoms with E-state index < -0.39 is 0 Å². The molecule has 5 nitrogen and oxygen atoms in total. The summed E-state index contributed by atoms with van der Waals surface area (Å²) in [6, 6.07) is 6.55. The lowest BCUT2D eigenvalue weighted by Gasteiger charge is -2.10. The van der Waals surface area contributed by atoms with Gasteiger partial charge in [0.05, 0.1) is 10.7 Å². The first-order chi connectivity index (χ1) is 9.95. The summed E-state index contributed by atoms with van der Waals surface area (Å²) in [6.07, 6.45) is 1.52. The van der Waals surface area contributed by atoms with E-state index in [1.165, 1.54) is 12.3 Å². The van der Waals surface area contributed by atoms with E-state index in [4.69, 9.17) is 23.2 Å². The van der Waals surface area contributed by atoms with Gasteiger partial charge in [0.15, 0.2) is 0 Å². The van der Waals surface area contributed by atoms with Crippen LogP contribution in [0.4, 0.5) is 11.6 Å². The van der Waals surface area contributed by atoms with Crippen LogP contribution in [0.2, 0.25) is 10.0 Å². The molecule has 2 rings (SSSR count). The molecule has 2 N–H and O–H groups in total. The standard InChI is InChI=1S/C14H14Cl2N4O/c1-8(2)18-14-17-6-5-12(20-14)13(21)19-11-4-3-9(15)7-10(11)16/h3-8H,1-2H3,(H,19,21)(H,17,18,20). The molecule has 1 amide bonds. The smallest absolute Gasteiger partial charge is 0.274 e. The van der Waals surface area contributed by atoms with Gasteiger partial charge < -0.3 is 10.6 Å². The maximum atomic E-state index is 12.2. The van der Waals surface area contributed by atoms with Crippen molar-refractivity contribution in [3.05, 3.63) is 46.2 Å². The van der Waals surface area contributed by atoms with E-state index in [2.05, 4.69) is 20.6 Å². The molecule has 2 aromatic rings. The van der Waals surface area contributed by atoms with Crippen molar-refractivity contribution >= 4 is 40.7 Å². The molecule has 0 aliphatic rings. The number of benzene rings is 1. The molecule has 21 heavy (non-hydrogen) atoms. The minimum absolute atomic E-state index is 0.175. The number of aromatic nitrogens is 2. The van der Waals surface area contributed by atoms with Crippen molar-refractivity contribution in [3.8, 4) is 0 Å². The van der Waals surface area contributed by atoms with Crippen LogP contribution in [0.5, 0.6) is 0 Å². The van der Waals surface area contributed by atoms with E-state index in [-0.39, 0.29) is 17.6 Å². The lowest BCUT2D eigenvalue weighted by atomic mass is 10.3. The van der Waals surface area contributed by atoms with Gasteiger partial charge >= 0.3 is 0 Å². The van der Waals surface area contributed by atoms with E-state index in [9.17, 15) is 4.79 Å². The SMILES string of the molecule is CC(C)Nc1nccc(C(=O)Nc2ccc(Cl)cc2Cl)n1. The fourth-order valence-corrected chi connectivity index (χ4v) is 2.05. The van der Waals surface area contributed by atoms with Gasteiger partial charge in [-0.15, -0.1) is 0 Å². The minimum atomic E-state index is -0.367. The van der Waals surface area contributed by atoms with Crippen molar-refractivity contribution in [1.29, 1.82) is 0 Å². The van der Waals surface area contributed by atoms with Crippen LogP contribution in [0, 0.1) is 0 Å². The lowest BCUT2D eigenvalue weighted by Crippen LogP contribution is -2.17. The van der Waals surface area contributed by atoms with Gasteiger partial charge in [-0.2, -0.15) is 0 Å². The summed E-state index contributed by atoms with van der Waals surface area (Å²) >= 11 is 11.8. The molecule has 0 bridgehead atoms. The van der Waals surface area contributed by atoms with Gasteiger partial charge in [-0.25, -0.2) is 9.97 Å². The average molecular weight is 325 g/mol. The Hall–Kier alpha value is -1.85. The summed E-state index contributed by atoms with van der Waals surface area (Å²) in [5.41, 5.74) is 0.724. The van der Waals surface area contributed by atoms with Gasteiger partial charge in [0.25, 0.3) is 5.91 Å². The van der Waals surface area contributed by atoms with Crippen molar-refractivity contribution in [1.82, 2.24) is 9.97 Å². The first-order valence-electron chi connectivity index (χ1n) is 6.31. The van der Waals surface area contributed by atoms with Crippen LogP contribution in [0.15, 0.2) is 30.5 Å². The molecule has 110 valence electrons. The van der Waals surface area contributed by atoms with Crippen LogP contribution in [0.25, 0.3) is 0 Å². The number of hydrogen-bond acceptors (Lipinski definition) is 4. The zero-order chi connectivity index (χ0) is 15.4. The lowest BCUT2D eigenvalue weighted by molar-refractivity contribution is 0.102. The third-order valence-corrected chi connectivity index (χ3v) is 3.03. The molecule has 0 radical (unpaired) electrons. The van der Waals surface area contributed by atoms with Gasteiger partial charge in [0.2, 0.25) is 5.95 Å². The number of hydrogen-bond donors (Lipinski definition) is 2. The number of halogens is 2. The number of nitrogens with one attached hydrogen (secondary N) is 2. The Kier molecular flexibility index (Phi) is 4.98. The predicted molar refractivity (Wildman–Crippen MR) is 85.2 cm³/mol. The third-order valence-electron chi connectivity index (χ3n) is 2.49. The summed E-state index contributed by atoms with van der Waals surface area (Å²) in [7, 11) is 0. The number of carbonyl (C=O) groups excluding carboxylic acids is 1. The van der Waals surface area contributed by atoms with Crippen LogP contribution in [-0.4, -0.2) is 21.9 Å². The second kappa shape index (κ2) is 6.74. The highest BCUT2D eigenvalue weighted by molar-refractivity contribution is 6.36. The fourth-order valence-electron chi connectivity index (χ4n) is 1.59. The summed E-state index contributed by atoms with van der Waals surface area (Å²) in [5.74, 6) is 0.0354. The molecule has 1 aromatic carbocycles. The minimum Gasteiger partial charge on any atom is -0.352 e. The Morgan fingerprint density at radius 3 is 2.67 bits per heavy atom. The second-order valence-electron chi connectivity index (χ2n) is 4.64. The zero-order valence-corrected chi connectivity index (χ0v) is 13.0. The topological polar surface area (TPSA) is 66.9 Å². The summed E-state index contributed by atoms with van der Waals surface area (Å²) in [5, 5.41) is 6.59. The number of amides is 1. The molecule has 0 aliphatic heterocycles. The van der Waals surface area contributed by atoms with Gasteiger partial charge in [0, 0.05) is 17.3 Å². The molecular weight excluding hydrogens is 311 g/mol. The van der Waals surface area contributed by atoms with Gasteiger partial charge in [0.1, 0.15) is 5.69 Å². The van der Waals surface area contributed by atoms with Crippen molar-refractivity contribution in [2.24, 2.45) is 0 Å². The Morgan fingerprint density at radius 2 is 2.00 bits per heavy atom. The number of anilines is 2. The molecule has 0 unspecified atom stereocenters. The van der Waals surface area contributed by atoms with Gasteiger partial charge in [-0.3, -0.25) is 4.79 Å². The molecule has 7 heteroatoms. The van der Waals surface area contributed by atoms with Crippen molar-refractivity contribution < 1.29 is 4.79 Å². The molecular formula is C14H14Cl2N4O. The van der Waals surface area contributed by atoms with Crippen molar-refractivity contribution in [3.63, 3.8) is 0 Å². The highest BCUT2D eigenvalue weighted by Gasteiger charge is 2.11. The third kappa shape index (κ3) is 4.31. The van der Waals surface area contributed by atoms with Gasteiger partial charge in [-0.1, -0.05) is 23.2 Å². The zero-order valence-electron chi connectivity index (χ0n) is 11.5. The van der Waals surface area contributed by atoms with Crippen LogP contribution < -0.4 is 10.6 Å². The largest absolute Gasteiger partial charge is 0.352 e. The van der Waals surface area contributed by atoms with Crippen molar-refractivity contribution in [2.45, 2.75) is 19.9 Å². The first-order valence-corrected chi connectivity index (χ1v) is 7.07. The Labute approximate surface area is 132 Å². The highest BCUT2D eigenvalue weighted by atomic mass is 35.5. The molecule has 1 heterocycles. The van der Waals surface area contributed by atoms with E-state index in [0.29, 0.717) is 21.7 Å². The molecule has 0 saturated heterocycles. The normalized spacial score (nSPS) is 10.5. The number of nitrogens with zero attached hydrogens (tertiary/aromatic N) is 2. The molecule has 0 saturated carbocycles. The number of carbonyl (C=O) groups is 1. The van der Waals surface area contributed by atoms with Crippen LogP contribution in [-0.2, 0) is 0 Å². The number of rotatable bonds is 4. The van der Waals surface area contributed by atoms with E-state index >= 15 is 0 Å². The summed E-state index contributed by atoms with van der Waals surface area (Å²) in [6.45, 7) is 3.92. The summed E-state index contributed by atoms with van der Waals surface area (Å²) in [4.78, 5) is 20.4. The Morgan fingerprint density at radius 1 is 1.24 bits per heavy atom. The maximum absolute atomic E-state index is 12.2. The van der Waals surface area contributed by atoms with Crippen LogP contribution >= 0.6 is 23.2 Å². The van der Waals surface area contributed by atoms with E-state index in [0.717, 1.165) is 0 Å². The van der Waals surface area contributed by atoms with E-state index in [1.807, 2.05) is 13.8 Å². The van der Waals surface area contributed by atoms with E-state index in [1.54, 1.807) is 18.2 Å². The molecule has 0 atom stereocenters. The fraction of sp³-hybridized carbons (Fsp3) is 0.214. The maximum Gasteiger partial charge on any atom is 0.274 e. The van der Waals surface area contributed by atoms with Crippen LogP contribution in [0.1, 0.15) is 24.3 Å². The molecule has 0 aliphatic carbocycles. The molecule has 0 spiro atoms.